The number of pyridine rings is 1. The number of hydrogen-bond donors (Lipinski definition) is 2. The van der Waals surface area contributed by atoms with Crippen molar-refractivity contribution in [2.75, 3.05) is 42.9 Å². The highest BCUT2D eigenvalue weighted by Gasteiger charge is 2.36. The Bertz CT molecular complexity index is 2030. The van der Waals surface area contributed by atoms with Crippen molar-refractivity contribution in [3.63, 3.8) is 0 Å². The minimum atomic E-state index is -0.344. The molecule has 0 radical (unpaired) electrons. The van der Waals surface area contributed by atoms with Gasteiger partial charge in [0, 0.05) is 75.9 Å². The van der Waals surface area contributed by atoms with Gasteiger partial charge in [-0.15, -0.1) is 0 Å². The van der Waals surface area contributed by atoms with Crippen LogP contribution in [0.1, 0.15) is 90.1 Å². The van der Waals surface area contributed by atoms with Crippen LogP contribution in [0.2, 0.25) is 0 Å². The van der Waals surface area contributed by atoms with Crippen LogP contribution in [0.5, 0.6) is 5.75 Å². The Balaban J connectivity index is 0.842. The number of anilines is 2. The molecular formula is C39H45N9O5. The molecule has 1 unspecified atom stereocenters. The summed E-state index contributed by atoms with van der Waals surface area (Å²) in [6, 6.07) is 9.54. The lowest BCUT2D eigenvalue weighted by molar-refractivity contribution is -0.134. The molecule has 1 atom stereocenters. The predicted molar refractivity (Wildman–Crippen MR) is 197 cm³/mol. The van der Waals surface area contributed by atoms with Crippen LogP contribution in [0.3, 0.4) is 0 Å². The molecule has 276 valence electrons. The van der Waals surface area contributed by atoms with Crippen molar-refractivity contribution in [3.8, 4) is 5.75 Å². The number of amides is 4. The Morgan fingerprint density at radius 3 is 2.55 bits per heavy atom. The average Bonchev–Trinajstić information content (AvgIpc) is 3.73. The molecule has 2 N–H and O–H groups in total. The van der Waals surface area contributed by atoms with E-state index >= 15 is 0 Å². The molecular weight excluding hydrogens is 674 g/mol. The Hall–Kier alpha value is -5.37. The number of likely N-dealkylation sites (tertiary alicyclic amines) is 1. The maximum Gasteiger partial charge on any atom is 0.261 e. The first-order valence-corrected chi connectivity index (χ1v) is 18.7. The number of rotatable bonds is 9. The molecule has 53 heavy (non-hydrogen) atoms. The van der Waals surface area contributed by atoms with E-state index < -0.39 is 0 Å². The maximum absolute atomic E-state index is 13.8. The Labute approximate surface area is 307 Å². The van der Waals surface area contributed by atoms with Gasteiger partial charge in [0.15, 0.2) is 5.65 Å². The van der Waals surface area contributed by atoms with Crippen LogP contribution in [0.4, 0.5) is 11.5 Å². The molecule has 3 saturated heterocycles. The molecule has 14 nitrogen and oxygen atoms in total. The van der Waals surface area contributed by atoms with E-state index in [0.29, 0.717) is 53.5 Å². The lowest BCUT2D eigenvalue weighted by Gasteiger charge is -2.40. The predicted octanol–water partition coefficient (Wildman–Crippen LogP) is 4.02. The van der Waals surface area contributed by atoms with Crippen LogP contribution >= 0.6 is 0 Å². The summed E-state index contributed by atoms with van der Waals surface area (Å²) in [6.07, 6.45) is 11.4. The van der Waals surface area contributed by atoms with Crippen LogP contribution in [0.25, 0.3) is 5.65 Å². The number of nitrogens with zero attached hydrogens (tertiary/aromatic N) is 7. The second kappa shape index (κ2) is 14.6. The van der Waals surface area contributed by atoms with E-state index in [1.165, 1.54) is 6.20 Å². The van der Waals surface area contributed by atoms with Gasteiger partial charge in [-0.1, -0.05) is 6.07 Å². The minimum Gasteiger partial charge on any atom is -0.489 e. The summed E-state index contributed by atoms with van der Waals surface area (Å²) < 4.78 is 7.66. The van der Waals surface area contributed by atoms with Gasteiger partial charge in [-0.05, 0) is 87.3 Å². The molecule has 0 spiro atoms. The number of fused-ring (bicyclic) bond motifs is 2. The first-order valence-electron chi connectivity index (χ1n) is 18.7. The number of imide groups is 1. The lowest BCUT2D eigenvalue weighted by Crippen LogP contribution is -2.47. The molecule has 4 aliphatic rings. The van der Waals surface area contributed by atoms with Crippen molar-refractivity contribution in [1.29, 1.82) is 0 Å². The maximum atomic E-state index is 13.8. The van der Waals surface area contributed by atoms with Gasteiger partial charge in [-0.3, -0.25) is 24.5 Å². The van der Waals surface area contributed by atoms with Crippen LogP contribution in [0.15, 0.2) is 55.1 Å². The zero-order valence-electron chi connectivity index (χ0n) is 30.2. The molecule has 14 heteroatoms. The lowest BCUT2D eigenvalue weighted by atomic mass is 9.91. The number of piperidine rings is 3. The van der Waals surface area contributed by atoms with E-state index in [2.05, 4.69) is 35.5 Å². The Kier molecular flexibility index (Phi) is 9.54. The third-order valence-electron chi connectivity index (χ3n) is 11.0. The molecule has 4 amide bonds. The molecule has 7 heterocycles. The minimum absolute atomic E-state index is 0.0166. The van der Waals surface area contributed by atoms with Gasteiger partial charge < -0.3 is 24.8 Å². The number of carbonyl (C=O) groups excluding carboxylic acids is 4. The fourth-order valence-electron chi connectivity index (χ4n) is 8.21. The summed E-state index contributed by atoms with van der Waals surface area (Å²) in [7, 11) is 0. The van der Waals surface area contributed by atoms with E-state index in [9.17, 15) is 19.2 Å². The molecule has 1 aromatic carbocycles. The van der Waals surface area contributed by atoms with Crippen molar-refractivity contribution in [2.24, 2.45) is 5.92 Å². The van der Waals surface area contributed by atoms with Crippen LogP contribution in [-0.4, -0.2) is 97.9 Å². The van der Waals surface area contributed by atoms with Crippen LogP contribution in [0, 0.1) is 5.92 Å². The molecule has 4 aliphatic heterocycles. The fraction of sp³-hybridized carbons (Fsp3) is 0.462. The Morgan fingerprint density at radius 2 is 1.81 bits per heavy atom. The Morgan fingerprint density at radius 1 is 1.00 bits per heavy atom. The zero-order chi connectivity index (χ0) is 36.6. The largest absolute Gasteiger partial charge is 0.489 e. The molecule has 3 fully saturated rings. The highest BCUT2D eigenvalue weighted by atomic mass is 16.5. The van der Waals surface area contributed by atoms with Gasteiger partial charge in [-0.25, -0.2) is 14.5 Å². The molecule has 0 bridgehead atoms. The first kappa shape index (κ1) is 34.7. The number of benzene rings is 1. The van der Waals surface area contributed by atoms with Crippen molar-refractivity contribution >= 4 is 40.8 Å². The molecule has 3 aromatic heterocycles. The summed E-state index contributed by atoms with van der Waals surface area (Å²) in [4.78, 5) is 66.8. The average molecular weight is 720 g/mol. The second-order valence-electron chi connectivity index (χ2n) is 14.9. The molecule has 8 rings (SSSR count). The fourth-order valence-corrected chi connectivity index (χ4v) is 8.21. The number of hydrogen-bond acceptors (Lipinski definition) is 10. The number of nitrogens with one attached hydrogen (secondary N) is 2. The van der Waals surface area contributed by atoms with Gasteiger partial charge in [0.2, 0.25) is 11.8 Å². The number of carbonyl (C=O) groups is 4. The molecule has 4 aromatic rings. The quantitative estimate of drug-likeness (QED) is 0.243. The second-order valence-corrected chi connectivity index (χ2v) is 14.9. The third kappa shape index (κ3) is 7.19. The van der Waals surface area contributed by atoms with Gasteiger partial charge in [-0.2, -0.15) is 5.10 Å². The smallest absolute Gasteiger partial charge is 0.261 e. The highest BCUT2D eigenvalue weighted by molar-refractivity contribution is 6.09. The first-order chi connectivity index (χ1) is 25.7. The van der Waals surface area contributed by atoms with Crippen molar-refractivity contribution in [2.45, 2.75) is 77.0 Å². The summed E-state index contributed by atoms with van der Waals surface area (Å²) in [5.74, 6) is 0.909. The van der Waals surface area contributed by atoms with Gasteiger partial charge in [0.05, 0.1) is 23.9 Å². The normalized spacial score (nSPS) is 20.3. The topological polar surface area (TPSA) is 154 Å². The number of aromatic nitrogens is 4. The van der Waals surface area contributed by atoms with Crippen LogP contribution in [-0.2, 0) is 16.1 Å². The highest BCUT2D eigenvalue weighted by Crippen LogP contribution is 2.37. The zero-order valence-corrected chi connectivity index (χ0v) is 30.2. The van der Waals surface area contributed by atoms with Crippen molar-refractivity contribution in [1.82, 2.24) is 34.7 Å². The van der Waals surface area contributed by atoms with Gasteiger partial charge in [0.25, 0.3) is 11.8 Å². The standard InChI is InChI=1S/C39H45N9O5/c1-24(2)53-33-19-30-27(18-32(33)43-38(51)31-21-42-48-13-3-12-40-36(31)48)23-47(39(30)52)28-10-14-45(15-11-28)22-25-8-16-46(17-9-25)34-6-4-26(20-41-34)29-5-7-35(49)44-37(29)50/h3-4,6,12-13,18-21,24-25,28-29H,5,7-11,14-17,22-23H2,1-2H3,(H,43,51)(H,44,49,50). The monoisotopic (exact) mass is 719 g/mol. The SMILES string of the molecule is CC(C)Oc1cc2c(cc1NC(=O)c1cnn3cccnc13)CN(C1CCN(CC3CCN(c4ccc(C5CCC(=O)NC5=O)cn4)CC3)CC1)C2=O. The van der Waals surface area contributed by atoms with E-state index in [0.717, 1.165) is 75.4 Å². The van der Waals surface area contributed by atoms with Crippen molar-refractivity contribution in [3.05, 3.63) is 77.4 Å². The van der Waals surface area contributed by atoms with Crippen molar-refractivity contribution < 1.29 is 23.9 Å². The van der Waals surface area contributed by atoms with Gasteiger partial charge >= 0.3 is 0 Å². The molecule has 0 saturated carbocycles. The van der Waals surface area contributed by atoms with Gasteiger partial charge in [0.1, 0.15) is 17.1 Å². The summed E-state index contributed by atoms with van der Waals surface area (Å²) in [5, 5.41) is 9.67. The van der Waals surface area contributed by atoms with E-state index in [-0.39, 0.29) is 41.7 Å². The van der Waals surface area contributed by atoms with E-state index in [1.807, 2.05) is 36.9 Å². The summed E-state index contributed by atoms with van der Waals surface area (Å²) in [6.45, 7) is 9.17. The van der Waals surface area contributed by atoms with E-state index in [1.54, 1.807) is 35.2 Å². The van der Waals surface area contributed by atoms with E-state index in [4.69, 9.17) is 4.74 Å². The third-order valence-corrected chi connectivity index (χ3v) is 11.0. The summed E-state index contributed by atoms with van der Waals surface area (Å²) in [5.41, 5.74) is 3.70. The molecule has 0 aliphatic carbocycles. The number of ether oxygens (including phenoxy) is 1. The van der Waals surface area contributed by atoms with Crippen LogP contribution < -0.4 is 20.3 Å². The summed E-state index contributed by atoms with van der Waals surface area (Å²) >= 11 is 0.